The van der Waals surface area contributed by atoms with Gasteiger partial charge < -0.3 is 0 Å². The zero-order valence-corrected chi connectivity index (χ0v) is 33.7. The second kappa shape index (κ2) is 15.9. The first-order valence-electron chi connectivity index (χ1n) is 25.2. The zero-order chi connectivity index (χ0) is 33.7. The van der Waals surface area contributed by atoms with E-state index in [1.54, 1.807) is 205 Å². The summed E-state index contributed by atoms with van der Waals surface area (Å²) < 4.78 is 0. The van der Waals surface area contributed by atoms with E-state index in [0.29, 0.717) is 0 Å². The van der Waals surface area contributed by atoms with Crippen molar-refractivity contribution in [2.75, 3.05) is 0 Å². The molecule has 288 valence electrons. The Kier molecular flexibility index (Phi) is 11.0. The van der Waals surface area contributed by atoms with Crippen LogP contribution in [0.1, 0.15) is 212 Å². The molecule has 0 aromatic heterocycles. The van der Waals surface area contributed by atoms with Crippen LogP contribution in [0.15, 0.2) is 0 Å². The SMILES string of the molecule is C1CCC(C2CCC3CC(C4CC5CC6CC7CCCCC7CC6C5C(C5CC(C6CCCCC6)CC(C6CCCCC6)C5)C4)CCC3C2)CC1. The van der Waals surface area contributed by atoms with Gasteiger partial charge in [-0.3, -0.25) is 0 Å². The molecule has 0 heterocycles. The Balaban J connectivity index is 0.895. The highest BCUT2D eigenvalue weighted by Crippen LogP contribution is 2.65. The molecule has 10 aliphatic rings. The maximum absolute atomic E-state index is 1.71. The summed E-state index contributed by atoms with van der Waals surface area (Å²) >= 11 is 0. The Morgan fingerprint density at radius 3 is 0.941 bits per heavy atom. The summed E-state index contributed by atoms with van der Waals surface area (Å²) in [6, 6.07) is 0. The zero-order valence-electron chi connectivity index (χ0n) is 33.7. The van der Waals surface area contributed by atoms with Crippen molar-refractivity contribution >= 4 is 0 Å². The smallest absolute Gasteiger partial charge is 0.0323 e. The monoisotopic (exact) mass is 697 g/mol. The normalized spacial score (nSPS) is 50.5. The summed E-state index contributed by atoms with van der Waals surface area (Å²) in [7, 11) is 0. The highest BCUT2D eigenvalue weighted by Gasteiger charge is 2.56. The van der Waals surface area contributed by atoms with Crippen LogP contribution in [0, 0.1) is 107 Å². The molecule has 0 amide bonds. The van der Waals surface area contributed by atoms with Gasteiger partial charge in [0.1, 0.15) is 0 Å². The van der Waals surface area contributed by atoms with Crippen molar-refractivity contribution in [2.24, 2.45) is 107 Å². The van der Waals surface area contributed by atoms with Gasteiger partial charge in [-0.1, -0.05) is 122 Å². The third-order valence-corrected chi connectivity index (χ3v) is 20.9. The summed E-state index contributed by atoms with van der Waals surface area (Å²) in [5, 5.41) is 0. The van der Waals surface area contributed by atoms with Crippen LogP contribution in [0.3, 0.4) is 0 Å². The van der Waals surface area contributed by atoms with Gasteiger partial charge in [-0.15, -0.1) is 0 Å². The fourth-order valence-electron chi connectivity index (χ4n) is 18.7. The summed E-state index contributed by atoms with van der Waals surface area (Å²) in [5.41, 5.74) is 0. The molecule has 14 unspecified atom stereocenters. The van der Waals surface area contributed by atoms with Crippen LogP contribution < -0.4 is 0 Å². The topological polar surface area (TPSA) is 0 Å². The molecule has 10 aliphatic carbocycles. The van der Waals surface area contributed by atoms with Crippen LogP contribution in [0.4, 0.5) is 0 Å². The standard InChI is InChI=1S/C51H84/c1-4-12-34(13-5-1)39-20-21-41-25-42(23-22-40(41)24-39)45-30-48-31-46-26-37-18-10-11-19-38(37)32-49(46)51(48)50(33-45)47-28-43(35-14-6-2-7-15-35)27-44(29-47)36-16-8-3-9-17-36/h34-51H,1-33H2. The lowest BCUT2D eigenvalue weighted by Gasteiger charge is -2.54. The summed E-state index contributed by atoms with van der Waals surface area (Å²) in [6.45, 7) is 0. The minimum atomic E-state index is 1.11. The molecule has 0 nitrogen and oxygen atoms in total. The Morgan fingerprint density at radius 2 is 0.412 bits per heavy atom. The summed E-state index contributed by atoms with van der Waals surface area (Å²) in [6.07, 6.45) is 53.3. The molecule has 0 N–H and O–H groups in total. The van der Waals surface area contributed by atoms with Crippen LogP contribution >= 0.6 is 0 Å². The van der Waals surface area contributed by atoms with Gasteiger partial charge in [0.05, 0.1) is 0 Å². The highest BCUT2D eigenvalue weighted by atomic mass is 14.6. The number of hydrogen-bond donors (Lipinski definition) is 0. The van der Waals surface area contributed by atoms with E-state index < -0.39 is 0 Å². The minimum Gasteiger partial charge on any atom is -0.0533 e. The maximum atomic E-state index is 1.71. The number of fused-ring (bicyclic) bond motifs is 5. The van der Waals surface area contributed by atoms with E-state index in [-0.39, 0.29) is 0 Å². The molecule has 0 aromatic rings. The molecule has 14 atom stereocenters. The summed E-state index contributed by atoms with van der Waals surface area (Å²) in [5.74, 6) is 20.2. The van der Waals surface area contributed by atoms with E-state index in [9.17, 15) is 0 Å². The van der Waals surface area contributed by atoms with Crippen molar-refractivity contribution in [3.63, 3.8) is 0 Å². The fraction of sp³-hybridized carbons (Fsp3) is 1.00. The van der Waals surface area contributed by atoms with Crippen molar-refractivity contribution in [1.29, 1.82) is 0 Å². The molecule has 0 aromatic carbocycles. The van der Waals surface area contributed by atoms with Crippen LogP contribution in [-0.4, -0.2) is 0 Å². The predicted molar refractivity (Wildman–Crippen MR) is 215 cm³/mol. The van der Waals surface area contributed by atoms with E-state index in [4.69, 9.17) is 0 Å². The van der Waals surface area contributed by atoms with E-state index >= 15 is 0 Å². The first-order valence-corrected chi connectivity index (χ1v) is 25.2. The van der Waals surface area contributed by atoms with Crippen LogP contribution in [-0.2, 0) is 0 Å². The highest BCUT2D eigenvalue weighted by molar-refractivity contribution is 5.06. The van der Waals surface area contributed by atoms with Crippen molar-refractivity contribution in [2.45, 2.75) is 212 Å². The van der Waals surface area contributed by atoms with Crippen molar-refractivity contribution in [3.05, 3.63) is 0 Å². The molecular weight excluding hydrogens is 613 g/mol. The Hall–Kier alpha value is 0. The van der Waals surface area contributed by atoms with Gasteiger partial charge in [-0.25, -0.2) is 0 Å². The van der Waals surface area contributed by atoms with Gasteiger partial charge >= 0.3 is 0 Å². The molecule has 0 bridgehead atoms. The fourth-order valence-corrected chi connectivity index (χ4v) is 18.7. The van der Waals surface area contributed by atoms with Crippen molar-refractivity contribution in [3.8, 4) is 0 Å². The van der Waals surface area contributed by atoms with E-state index in [1.165, 1.54) is 6.42 Å². The minimum absolute atomic E-state index is 1.11. The van der Waals surface area contributed by atoms with Crippen LogP contribution in [0.25, 0.3) is 0 Å². The molecule has 0 spiro atoms. The predicted octanol–water partition coefficient (Wildman–Crippen LogP) is 15.1. The van der Waals surface area contributed by atoms with E-state index in [1.807, 2.05) is 0 Å². The summed E-state index contributed by atoms with van der Waals surface area (Å²) in [4.78, 5) is 0. The molecule has 10 rings (SSSR count). The lowest BCUT2D eigenvalue weighted by atomic mass is 9.52. The molecular formula is C51H84. The quantitative estimate of drug-likeness (QED) is 0.268. The molecule has 0 aliphatic heterocycles. The van der Waals surface area contributed by atoms with Crippen LogP contribution in [0.2, 0.25) is 0 Å². The lowest BCUT2D eigenvalue weighted by molar-refractivity contribution is -0.0402. The average molecular weight is 697 g/mol. The molecule has 0 heteroatoms. The molecule has 10 saturated carbocycles. The van der Waals surface area contributed by atoms with Gasteiger partial charge in [-0.2, -0.15) is 0 Å². The second-order valence-corrected chi connectivity index (χ2v) is 23.0. The van der Waals surface area contributed by atoms with E-state index in [2.05, 4.69) is 0 Å². The van der Waals surface area contributed by atoms with E-state index in [0.717, 1.165) is 107 Å². The second-order valence-electron chi connectivity index (χ2n) is 23.0. The van der Waals surface area contributed by atoms with Gasteiger partial charge in [-0.05, 0) is 196 Å². The third kappa shape index (κ3) is 7.37. The average Bonchev–Trinajstić information content (AvgIpc) is 3.57. The molecule has 0 saturated heterocycles. The largest absolute Gasteiger partial charge is 0.0533 e. The Bertz CT molecular complexity index is 1080. The van der Waals surface area contributed by atoms with Crippen molar-refractivity contribution in [1.82, 2.24) is 0 Å². The first kappa shape index (κ1) is 35.4. The number of hydrogen-bond acceptors (Lipinski definition) is 0. The first-order chi connectivity index (χ1) is 25.2. The van der Waals surface area contributed by atoms with Gasteiger partial charge in [0, 0.05) is 0 Å². The third-order valence-electron chi connectivity index (χ3n) is 20.9. The lowest BCUT2D eigenvalue weighted by Crippen LogP contribution is -2.45. The molecule has 51 heavy (non-hydrogen) atoms. The van der Waals surface area contributed by atoms with Crippen LogP contribution in [0.5, 0.6) is 0 Å². The van der Waals surface area contributed by atoms with Gasteiger partial charge in [0.15, 0.2) is 0 Å². The molecule has 10 fully saturated rings. The van der Waals surface area contributed by atoms with Crippen molar-refractivity contribution < 1.29 is 0 Å². The Labute approximate surface area is 317 Å². The number of rotatable bonds is 5. The maximum Gasteiger partial charge on any atom is -0.0323 e. The molecule has 0 radical (unpaired) electrons. The van der Waals surface area contributed by atoms with Gasteiger partial charge in [0.2, 0.25) is 0 Å². The Morgan fingerprint density at radius 1 is 0.157 bits per heavy atom. The van der Waals surface area contributed by atoms with Gasteiger partial charge in [0.25, 0.3) is 0 Å².